The van der Waals surface area contributed by atoms with Gasteiger partial charge < -0.3 is 14.5 Å². The summed E-state index contributed by atoms with van der Waals surface area (Å²) in [5, 5.41) is 0. The lowest BCUT2D eigenvalue weighted by atomic mass is 9.95. The van der Waals surface area contributed by atoms with E-state index in [0.29, 0.717) is 24.7 Å². The summed E-state index contributed by atoms with van der Waals surface area (Å²) < 4.78 is 6.76. The quantitative estimate of drug-likeness (QED) is 0.719. The minimum Gasteiger partial charge on any atom is -0.481 e. The number of halogens is 1. The van der Waals surface area contributed by atoms with E-state index in [-0.39, 0.29) is 11.8 Å². The van der Waals surface area contributed by atoms with Gasteiger partial charge in [0.05, 0.1) is 0 Å². The van der Waals surface area contributed by atoms with Crippen molar-refractivity contribution in [1.29, 1.82) is 0 Å². The molecule has 0 radical (unpaired) electrons. The van der Waals surface area contributed by atoms with E-state index in [4.69, 9.17) is 4.74 Å². The Labute approximate surface area is 170 Å². The number of piperidine rings is 1. The molecule has 0 N–H and O–H groups in total. The Kier molecular flexibility index (Phi) is 7.16. The van der Waals surface area contributed by atoms with Gasteiger partial charge in [0.1, 0.15) is 5.75 Å². The zero-order valence-electron chi connectivity index (χ0n) is 16.0. The molecule has 27 heavy (non-hydrogen) atoms. The van der Waals surface area contributed by atoms with E-state index in [1.54, 1.807) is 6.92 Å². The molecular formula is C21H29BrN2O3. The van der Waals surface area contributed by atoms with Crippen molar-refractivity contribution in [3.05, 3.63) is 28.7 Å². The number of carbonyl (C=O) groups is 2. The summed E-state index contributed by atoms with van der Waals surface area (Å²) in [6.07, 6.45) is 5.68. The highest BCUT2D eigenvalue weighted by atomic mass is 79.9. The summed E-state index contributed by atoms with van der Waals surface area (Å²) in [4.78, 5) is 29.4. The third-order valence-electron chi connectivity index (χ3n) is 5.55. The molecule has 2 amide bonds. The molecule has 5 nitrogen and oxygen atoms in total. The van der Waals surface area contributed by atoms with Crippen LogP contribution in [-0.4, -0.2) is 53.9 Å². The molecular weight excluding hydrogens is 408 g/mol. The Morgan fingerprint density at radius 3 is 2.15 bits per heavy atom. The lowest BCUT2D eigenvalue weighted by Crippen LogP contribution is -2.47. The first kappa shape index (κ1) is 20.2. The maximum absolute atomic E-state index is 12.8. The van der Waals surface area contributed by atoms with Gasteiger partial charge >= 0.3 is 0 Å². The van der Waals surface area contributed by atoms with Crippen LogP contribution >= 0.6 is 15.9 Å². The summed E-state index contributed by atoms with van der Waals surface area (Å²) in [6, 6.07) is 7.48. The molecule has 0 bridgehead atoms. The van der Waals surface area contributed by atoms with Gasteiger partial charge in [-0.1, -0.05) is 28.8 Å². The first-order chi connectivity index (χ1) is 13.0. The largest absolute Gasteiger partial charge is 0.481 e. The van der Waals surface area contributed by atoms with Gasteiger partial charge in [0, 0.05) is 36.6 Å². The summed E-state index contributed by atoms with van der Waals surface area (Å²) in [5.41, 5.74) is 0. The zero-order valence-corrected chi connectivity index (χ0v) is 17.6. The molecule has 2 aliphatic rings. The number of carbonyl (C=O) groups excluding carboxylic acids is 2. The Morgan fingerprint density at radius 1 is 0.963 bits per heavy atom. The number of rotatable bonds is 4. The van der Waals surface area contributed by atoms with Gasteiger partial charge in [0.25, 0.3) is 5.91 Å². The van der Waals surface area contributed by atoms with Crippen LogP contribution in [0.25, 0.3) is 0 Å². The number of likely N-dealkylation sites (tertiary alicyclic amines) is 2. The molecule has 148 valence electrons. The fourth-order valence-electron chi connectivity index (χ4n) is 3.92. The summed E-state index contributed by atoms with van der Waals surface area (Å²) >= 11 is 3.39. The van der Waals surface area contributed by atoms with E-state index < -0.39 is 6.10 Å². The smallest absolute Gasteiger partial charge is 0.263 e. The normalized spacial score (nSPS) is 20.1. The number of amides is 2. The van der Waals surface area contributed by atoms with E-state index in [1.807, 2.05) is 29.2 Å². The Bertz CT molecular complexity index is 633. The van der Waals surface area contributed by atoms with Crippen LogP contribution in [-0.2, 0) is 9.59 Å². The Morgan fingerprint density at radius 2 is 1.56 bits per heavy atom. The molecule has 2 aliphatic heterocycles. The Balaban J connectivity index is 1.48. The van der Waals surface area contributed by atoms with Crippen molar-refractivity contribution in [3.63, 3.8) is 0 Å². The molecule has 0 spiro atoms. The van der Waals surface area contributed by atoms with Crippen molar-refractivity contribution in [2.24, 2.45) is 5.92 Å². The molecule has 6 heteroatoms. The fourth-order valence-corrected chi connectivity index (χ4v) is 4.19. The van der Waals surface area contributed by atoms with E-state index in [2.05, 4.69) is 20.8 Å². The van der Waals surface area contributed by atoms with E-state index in [1.165, 1.54) is 12.8 Å². The second kappa shape index (κ2) is 9.58. The number of benzene rings is 1. The van der Waals surface area contributed by atoms with Gasteiger partial charge in [-0.3, -0.25) is 9.59 Å². The lowest BCUT2D eigenvalue weighted by molar-refractivity contribution is -0.143. The third kappa shape index (κ3) is 5.47. The van der Waals surface area contributed by atoms with E-state index in [0.717, 1.165) is 43.2 Å². The maximum atomic E-state index is 12.8. The number of nitrogens with zero attached hydrogens (tertiary/aromatic N) is 2. The maximum Gasteiger partial charge on any atom is 0.263 e. The molecule has 1 aromatic carbocycles. The average Bonchev–Trinajstić information content (AvgIpc) is 2.98. The number of hydrogen-bond acceptors (Lipinski definition) is 3. The summed E-state index contributed by atoms with van der Waals surface area (Å²) in [7, 11) is 0. The third-order valence-corrected chi connectivity index (χ3v) is 6.08. The van der Waals surface area contributed by atoms with Crippen molar-refractivity contribution in [3.8, 4) is 5.75 Å². The van der Waals surface area contributed by atoms with Crippen LogP contribution < -0.4 is 4.74 Å². The molecule has 0 aliphatic carbocycles. The van der Waals surface area contributed by atoms with Crippen molar-refractivity contribution >= 4 is 27.7 Å². The zero-order chi connectivity index (χ0) is 19.2. The monoisotopic (exact) mass is 436 g/mol. The predicted molar refractivity (Wildman–Crippen MR) is 109 cm³/mol. The molecule has 1 aromatic rings. The highest BCUT2D eigenvalue weighted by Gasteiger charge is 2.32. The highest BCUT2D eigenvalue weighted by molar-refractivity contribution is 9.10. The van der Waals surface area contributed by atoms with Crippen molar-refractivity contribution in [2.75, 3.05) is 26.2 Å². The van der Waals surface area contributed by atoms with Crippen LogP contribution in [0.5, 0.6) is 5.75 Å². The molecule has 3 rings (SSSR count). The average molecular weight is 437 g/mol. The number of ether oxygens (including phenoxy) is 1. The second-order valence-electron chi connectivity index (χ2n) is 7.55. The van der Waals surface area contributed by atoms with Gasteiger partial charge in [-0.25, -0.2) is 0 Å². The first-order valence-electron chi connectivity index (χ1n) is 10.0. The van der Waals surface area contributed by atoms with E-state index >= 15 is 0 Å². The molecule has 2 heterocycles. The summed E-state index contributed by atoms with van der Waals surface area (Å²) in [5.74, 6) is 1.04. The summed E-state index contributed by atoms with van der Waals surface area (Å²) in [6.45, 7) is 4.86. The van der Waals surface area contributed by atoms with Crippen LogP contribution in [0.4, 0.5) is 0 Å². The molecule has 0 aromatic heterocycles. The molecule has 2 saturated heterocycles. The van der Waals surface area contributed by atoms with Crippen molar-refractivity contribution < 1.29 is 14.3 Å². The van der Waals surface area contributed by atoms with Gasteiger partial charge in [0.15, 0.2) is 6.10 Å². The van der Waals surface area contributed by atoms with Crippen LogP contribution in [0.1, 0.15) is 45.4 Å². The van der Waals surface area contributed by atoms with Crippen molar-refractivity contribution in [2.45, 2.75) is 51.6 Å². The van der Waals surface area contributed by atoms with Gasteiger partial charge in [-0.2, -0.15) is 0 Å². The number of hydrogen-bond donors (Lipinski definition) is 0. The lowest BCUT2D eigenvalue weighted by Gasteiger charge is -2.35. The topological polar surface area (TPSA) is 49.9 Å². The van der Waals surface area contributed by atoms with Crippen LogP contribution in [0, 0.1) is 5.92 Å². The minimum atomic E-state index is -0.524. The SMILES string of the molecule is CC(Oc1ccc(Br)cc1)C(=O)N1CCC(C(=O)N2CCCCCC2)CC1. The first-order valence-corrected chi connectivity index (χ1v) is 10.8. The van der Waals surface area contributed by atoms with Crippen LogP contribution in [0.3, 0.4) is 0 Å². The highest BCUT2D eigenvalue weighted by Crippen LogP contribution is 2.23. The van der Waals surface area contributed by atoms with Crippen LogP contribution in [0.15, 0.2) is 28.7 Å². The molecule has 1 unspecified atom stereocenters. The molecule has 2 fully saturated rings. The predicted octanol–water partition coefficient (Wildman–Crippen LogP) is 3.86. The van der Waals surface area contributed by atoms with Crippen molar-refractivity contribution in [1.82, 2.24) is 9.80 Å². The van der Waals surface area contributed by atoms with Crippen LogP contribution in [0.2, 0.25) is 0 Å². The molecule has 1 atom stereocenters. The van der Waals surface area contributed by atoms with E-state index in [9.17, 15) is 9.59 Å². The standard InChI is InChI=1S/C21H29BrN2O3/c1-16(27-19-8-6-18(22)7-9-19)20(25)24-14-10-17(11-15-24)21(26)23-12-4-2-3-5-13-23/h6-9,16-17H,2-5,10-15H2,1H3. The second-order valence-corrected chi connectivity index (χ2v) is 8.47. The fraction of sp³-hybridized carbons (Fsp3) is 0.619. The minimum absolute atomic E-state index is 0.00131. The van der Waals surface area contributed by atoms with Gasteiger partial charge in [-0.15, -0.1) is 0 Å². The Hall–Kier alpha value is -1.56. The van der Waals surface area contributed by atoms with Gasteiger partial charge in [-0.05, 0) is 56.9 Å². The molecule has 0 saturated carbocycles. The van der Waals surface area contributed by atoms with Gasteiger partial charge in [0.2, 0.25) is 5.91 Å².